The first-order chi connectivity index (χ1) is 8.32. The Balaban J connectivity index is 2.61. The molecule has 96 valence electrons. The second-order valence-corrected chi connectivity index (χ2v) is 6.29. The molecule has 0 amide bonds. The largest absolute Gasteiger partial charge is 0.283 e. The van der Waals surface area contributed by atoms with Crippen LogP contribution in [-0.2, 0) is 10.0 Å². The average molecular weight is 264 g/mol. The van der Waals surface area contributed by atoms with E-state index in [4.69, 9.17) is 0 Å². The smallest absolute Gasteiger partial charge is 0.199 e. The zero-order valence-corrected chi connectivity index (χ0v) is 11.7. The summed E-state index contributed by atoms with van der Waals surface area (Å²) < 4.78 is 26.0. The molecule has 5 heteroatoms. The molecule has 0 unspecified atom stereocenters. The molecule has 0 aliphatic rings. The molecule has 1 heterocycles. The van der Waals surface area contributed by atoms with Crippen LogP contribution in [0.3, 0.4) is 0 Å². The first-order valence-corrected chi connectivity index (χ1v) is 7.12. The maximum absolute atomic E-state index is 12.4. The van der Waals surface area contributed by atoms with Crippen LogP contribution in [0.2, 0.25) is 0 Å². The summed E-state index contributed by atoms with van der Waals surface area (Å²) >= 11 is 0. The van der Waals surface area contributed by atoms with Crippen LogP contribution >= 0.6 is 0 Å². The van der Waals surface area contributed by atoms with E-state index in [2.05, 4.69) is 5.10 Å². The van der Waals surface area contributed by atoms with Crippen LogP contribution in [0.25, 0.3) is 0 Å². The van der Waals surface area contributed by atoms with E-state index >= 15 is 0 Å². The fraction of sp³-hybridized carbons (Fsp3) is 0.308. The average Bonchev–Trinajstić information content (AvgIpc) is 2.62. The summed E-state index contributed by atoms with van der Waals surface area (Å²) in [5.41, 5.74) is 3.34. The topological polar surface area (TPSA) is 52.0 Å². The normalized spacial score (nSPS) is 11.8. The van der Waals surface area contributed by atoms with Gasteiger partial charge < -0.3 is 0 Å². The molecule has 2 aromatic rings. The van der Waals surface area contributed by atoms with Crippen molar-refractivity contribution < 1.29 is 8.42 Å². The number of aryl methyl sites for hydroxylation is 4. The fourth-order valence-corrected chi connectivity index (χ4v) is 3.26. The van der Waals surface area contributed by atoms with E-state index < -0.39 is 10.0 Å². The predicted octanol–water partition coefficient (Wildman–Crippen LogP) is 2.35. The Labute approximate surface area is 107 Å². The fourth-order valence-electron chi connectivity index (χ4n) is 1.83. The van der Waals surface area contributed by atoms with Gasteiger partial charge in [0.15, 0.2) is 0 Å². The molecular formula is C13H16N2O2S. The first kappa shape index (κ1) is 12.8. The molecule has 2 rings (SSSR count). The molecule has 0 spiro atoms. The van der Waals surface area contributed by atoms with E-state index in [1.807, 2.05) is 19.9 Å². The standard InChI is InChI=1S/C13H16N2O2S/c1-9-5-6-13(7-10(9)2)18(16,17)15-12(4)8-11(3)14-15/h5-8H,1-4H3. The van der Waals surface area contributed by atoms with Gasteiger partial charge >= 0.3 is 0 Å². The zero-order valence-electron chi connectivity index (χ0n) is 10.9. The van der Waals surface area contributed by atoms with E-state index in [1.165, 1.54) is 0 Å². The van der Waals surface area contributed by atoms with E-state index in [9.17, 15) is 8.42 Å². The van der Waals surface area contributed by atoms with Gasteiger partial charge in [-0.1, -0.05) is 6.07 Å². The predicted molar refractivity (Wildman–Crippen MR) is 70.2 cm³/mol. The Kier molecular flexibility index (Phi) is 3.02. The molecule has 4 nitrogen and oxygen atoms in total. The lowest BCUT2D eigenvalue weighted by molar-refractivity contribution is 0.577. The monoisotopic (exact) mass is 264 g/mol. The van der Waals surface area contributed by atoms with Crippen LogP contribution in [0.1, 0.15) is 22.5 Å². The van der Waals surface area contributed by atoms with Crippen molar-refractivity contribution in [3.63, 3.8) is 0 Å². The number of benzene rings is 1. The lowest BCUT2D eigenvalue weighted by atomic mass is 10.1. The number of hydrogen-bond donors (Lipinski definition) is 0. The van der Waals surface area contributed by atoms with Crippen LogP contribution in [0, 0.1) is 27.7 Å². The molecular weight excluding hydrogens is 248 g/mol. The highest BCUT2D eigenvalue weighted by Gasteiger charge is 2.20. The summed E-state index contributed by atoms with van der Waals surface area (Å²) in [6.45, 7) is 7.36. The number of nitrogens with zero attached hydrogens (tertiary/aromatic N) is 2. The van der Waals surface area contributed by atoms with Crippen molar-refractivity contribution in [2.45, 2.75) is 32.6 Å². The SMILES string of the molecule is Cc1cc(C)n(S(=O)(=O)c2ccc(C)c(C)c2)n1. The van der Waals surface area contributed by atoms with E-state index in [0.29, 0.717) is 11.4 Å². The molecule has 0 fully saturated rings. The quantitative estimate of drug-likeness (QED) is 0.836. The number of hydrogen-bond acceptors (Lipinski definition) is 3. The minimum atomic E-state index is -3.58. The third kappa shape index (κ3) is 2.06. The van der Waals surface area contributed by atoms with E-state index in [0.717, 1.165) is 15.2 Å². The van der Waals surface area contributed by atoms with Gasteiger partial charge in [0.25, 0.3) is 10.0 Å². The molecule has 0 saturated heterocycles. The highest BCUT2D eigenvalue weighted by atomic mass is 32.2. The van der Waals surface area contributed by atoms with E-state index in [-0.39, 0.29) is 4.90 Å². The Morgan fingerprint density at radius 2 is 1.67 bits per heavy atom. The molecule has 0 bridgehead atoms. The first-order valence-electron chi connectivity index (χ1n) is 5.68. The summed E-state index contributed by atoms with van der Waals surface area (Å²) in [6.07, 6.45) is 0. The molecule has 0 radical (unpaired) electrons. The van der Waals surface area contributed by atoms with Crippen molar-refractivity contribution in [3.05, 3.63) is 46.8 Å². The molecule has 0 saturated carbocycles. The van der Waals surface area contributed by atoms with E-state index in [1.54, 1.807) is 32.0 Å². The molecule has 0 aliphatic heterocycles. The van der Waals surface area contributed by atoms with Gasteiger partial charge in [-0.05, 0) is 57.0 Å². The van der Waals surface area contributed by atoms with Crippen molar-refractivity contribution in [1.82, 2.24) is 9.19 Å². The minimum Gasteiger partial charge on any atom is -0.199 e. The summed E-state index contributed by atoms with van der Waals surface area (Å²) in [7, 11) is -3.58. The van der Waals surface area contributed by atoms with Crippen LogP contribution in [-0.4, -0.2) is 17.6 Å². The lowest BCUT2D eigenvalue weighted by Gasteiger charge is -2.08. The van der Waals surface area contributed by atoms with Gasteiger partial charge in [-0.15, -0.1) is 0 Å². The third-order valence-corrected chi connectivity index (χ3v) is 4.65. The van der Waals surface area contributed by atoms with Crippen LogP contribution in [0.4, 0.5) is 0 Å². The Hall–Kier alpha value is -1.62. The zero-order chi connectivity index (χ0) is 13.5. The molecule has 0 atom stereocenters. The minimum absolute atomic E-state index is 0.275. The van der Waals surface area contributed by atoms with Gasteiger partial charge in [0, 0.05) is 0 Å². The maximum Gasteiger partial charge on any atom is 0.283 e. The van der Waals surface area contributed by atoms with Gasteiger partial charge in [0.05, 0.1) is 16.3 Å². The molecule has 18 heavy (non-hydrogen) atoms. The maximum atomic E-state index is 12.4. The summed E-state index contributed by atoms with van der Waals surface area (Å²) in [5, 5.41) is 4.04. The van der Waals surface area contributed by atoms with Gasteiger partial charge in [-0.2, -0.15) is 17.6 Å². The van der Waals surface area contributed by atoms with Crippen molar-refractivity contribution in [1.29, 1.82) is 0 Å². The van der Waals surface area contributed by atoms with Gasteiger partial charge in [0.2, 0.25) is 0 Å². The van der Waals surface area contributed by atoms with Crippen molar-refractivity contribution >= 4 is 10.0 Å². The van der Waals surface area contributed by atoms with Crippen molar-refractivity contribution in [3.8, 4) is 0 Å². The van der Waals surface area contributed by atoms with Crippen molar-refractivity contribution in [2.75, 3.05) is 0 Å². The Bertz CT molecular complexity index is 700. The highest BCUT2D eigenvalue weighted by Crippen LogP contribution is 2.18. The van der Waals surface area contributed by atoms with Gasteiger partial charge in [-0.3, -0.25) is 0 Å². The third-order valence-electron chi connectivity index (χ3n) is 2.97. The second-order valence-electron chi connectivity index (χ2n) is 4.52. The van der Waals surface area contributed by atoms with Gasteiger partial charge in [-0.25, -0.2) is 0 Å². The highest BCUT2D eigenvalue weighted by molar-refractivity contribution is 7.89. The number of rotatable bonds is 2. The summed E-state index contributed by atoms with van der Waals surface area (Å²) in [5.74, 6) is 0. The summed E-state index contributed by atoms with van der Waals surface area (Å²) in [6, 6.07) is 6.86. The summed E-state index contributed by atoms with van der Waals surface area (Å²) in [4.78, 5) is 0.275. The van der Waals surface area contributed by atoms with Gasteiger partial charge in [0.1, 0.15) is 0 Å². The lowest BCUT2D eigenvalue weighted by Crippen LogP contribution is -2.16. The Morgan fingerprint density at radius 3 is 2.17 bits per heavy atom. The molecule has 0 N–H and O–H groups in total. The van der Waals surface area contributed by atoms with Crippen molar-refractivity contribution in [2.24, 2.45) is 0 Å². The molecule has 1 aromatic heterocycles. The molecule has 1 aromatic carbocycles. The van der Waals surface area contributed by atoms with Crippen LogP contribution < -0.4 is 0 Å². The number of aromatic nitrogens is 2. The molecule has 0 aliphatic carbocycles. The second kappa shape index (κ2) is 4.24. The Morgan fingerprint density at radius 1 is 1.00 bits per heavy atom. The van der Waals surface area contributed by atoms with Crippen LogP contribution in [0.15, 0.2) is 29.2 Å². The van der Waals surface area contributed by atoms with Crippen LogP contribution in [0.5, 0.6) is 0 Å².